The van der Waals surface area contributed by atoms with E-state index in [0.717, 1.165) is 51.9 Å². The molecule has 1 aliphatic heterocycles. The average molecular weight is 612 g/mol. The summed E-state index contributed by atoms with van der Waals surface area (Å²) in [7, 11) is 0. The zero-order valence-corrected chi connectivity index (χ0v) is 25.3. The van der Waals surface area contributed by atoms with Gasteiger partial charge in [0.1, 0.15) is 0 Å². The molecule has 9 heteroatoms. The van der Waals surface area contributed by atoms with Gasteiger partial charge in [-0.3, -0.25) is 14.7 Å². The Morgan fingerprint density at radius 3 is 2.52 bits per heavy atom. The molecule has 6 rings (SSSR count). The maximum Gasteiger partial charge on any atom is 0.250 e. The number of piperazine rings is 1. The Morgan fingerprint density at radius 1 is 0.976 bits per heavy atom. The third-order valence-corrected chi connectivity index (χ3v) is 9.45. The highest BCUT2D eigenvalue weighted by Crippen LogP contribution is 2.33. The molecule has 2 aromatic heterocycles. The monoisotopic (exact) mass is 611 g/mol. The number of fused-ring (bicyclic) bond motifs is 1. The van der Waals surface area contributed by atoms with Gasteiger partial charge >= 0.3 is 0 Å². The summed E-state index contributed by atoms with van der Waals surface area (Å²) >= 11 is 9.29. The number of thioether (sulfide) groups is 1. The molecule has 0 radical (unpaired) electrons. The Hall–Kier alpha value is -3.69. The lowest BCUT2D eigenvalue weighted by molar-refractivity contribution is -0.118. The van der Waals surface area contributed by atoms with Crippen molar-refractivity contribution in [1.29, 1.82) is 0 Å². The van der Waals surface area contributed by atoms with Crippen LogP contribution < -0.4 is 10.3 Å². The predicted octanol–water partition coefficient (Wildman–Crippen LogP) is 7.10. The van der Waals surface area contributed by atoms with Crippen molar-refractivity contribution in [3.8, 4) is 0 Å². The minimum atomic E-state index is -0.140. The summed E-state index contributed by atoms with van der Waals surface area (Å²) in [5.74, 6) is 0.133. The number of carbonyl (C=O) groups is 1. The Bertz CT molecular complexity index is 1650. The van der Waals surface area contributed by atoms with E-state index in [4.69, 9.17) is 11.6 Å². The van der Waals surface area contributed by atoms with Gasteiger partial charge in [0.15, 0.2) is 0 Å². The number of rotatable bonds is 9. The van der Waals surface area contributed by atoms with Gasteiger partial charge in [0.25, 0.3) is 0 Å². The van der Waals surface area contributed by atoms with Crippen molar-refractivity contribution in [3.63, 3.8) is 0 Å². The summed E-state index contributed by atoms with van der Waals surface area (Å²) in [6.07, 6.45) is 3.47. The highest BCUT2D eigenvalue weighted by atomic mass is 35.5. The van der Waals surface area contributed by atoms with E-state index in [1.807, 2.05) is 35.7 Å². The summed E-state index contributed by atoms with van der Waals surface area (Å²) in [5.41, 5.74) is 7.25. The minimum absolute atomic E-state index is 0.140. The van der Waals surface area contributed by atoms with E-state index in [1.165, 1.54) is 28.6 Å². The van der Waals surface area contributed by atoms with Crippen molar-refractivity contribution in [3.05, 3.63) is 124 Å². The van der Waals surface area contributed by atoms with E-state index >= 15 is 0 Å². The van der Waals surface area contributed by atoms with Gasteiger partial charge in [0, 0.05) is 58.2 Å². The van der Waals surface area contributed by atoms with E-state index in [9.17, 15) is 4.79 Å². The maximum absolute atomic E-state index is 12.4. The molecule has 1 atom stereocenters. The van der Waals surface area contributed by atoms with Crippen molar-refractivity contribution in [2.24, 2.45) is 5.10 Å². The average Bonchev–Trinajstić information content (AvgIpc) is 3.55. The highest BCUT2D eigenvalue weighted by Gasteiger charge is 2.26. The first-order chi connectivity index (χ1) is 20.6. The molecule has 3 heterocycles. The number of benzene rings is 3. The maximum atomic E-state index is 12.4. The Balaban J connectivity index is 1.13. The number of hydrazone groups is 1. The number of hydrogen-bond acceptors (Lipinski definition) is 7. The number of anilines is 1. The number of pyridine rings is 1. The highest BCUT2D eigenvalue weighted by molar-refractivity contribution is 8.00. The Morgan fingerprint density at radius 2 is 1.76 bits per heavy atom. The van der Waals surface area contributed by atoms with Gasteiger partial charge in [-0.2, -0.15) is 5.10 Å². The van der Waals surface area contributed by atoms with Crippen LogP contribution >= 0.6 is 34.7 Å². The number of aromatic nitrogens is 1. The van der Waals surface area contributed by atoms with Crippen molar-refractivity contribution >= 4 is 63.4 Å². The molecule has 1 saturated heterocycles. The van der Waals surface area contributed by atoms with Crippen LogP contribution in [0.4, 0.5) is 5.69 Å². The van der Waals surface area contributed by atoms with E-state index in [-0.39, 0.29) is 17.7 Å². The molecular weight excluding hydrogens is 582 g/mol. The molecule has 0 saturated carbocycles. The second kappa shape index (κ2) is 13.5. The number of nitrogens with zero attached hydrogens (tertiary/aromatic N) is 4. The minimum Gasteiger partial charge on any atom is -0.369 e. The number of amides is 1. The molecule has 212 valence electrons. The topological polar surface area (TPSA) is 60.8 Å². The van der Waals surface area contributed by atoms with Gasteiger partial charge in [-0.25, -0.2) is 5.43 Å². The molecule has 1 unspecified atom stereocenters. The second-order valence-electron chi connectivity index (χ2n) is 10.00. The molecule has 0 aliphatic carbocycles. The number of hydrogen-bond donors (Lipinski definition) is 1. The molecule has 1 fully saturated rings. The fourth-order valence-corrected chi connectivity index (χ4v) is 6.81. The van der Waals surface area contributed by atoms with Crippen LogP contribution in [0, 0.1) is 0 Å². The first-order valence-corrected chi connectivity index (χ1v) is 16.0. The van der Waals surface area contributed by atoms with Crippen LogP contribution in [0.5, 0.6) is 0 Å². The van der Waals surface area contributed by atoms with Gasteiger partial charge in [-0.05, 0) is 59.0 Å². The standard InChI is InChI=1S/C33H30ClN5OS2/c34-26-10-8-25(9-11-26)33(24-5-2-1-3-6-24)39-18-16-38(17-19-39)27-12-13-30-29(21-27)31(14-15-35-30)42-23-32(40)37-36-22-28-7-4-20-41-28/h1-15,20-22,33H,16-19,23H2,(H,37,40)/b36-22+. The smallest absolute Gasteiger partial charge is 0.250 e. The summed E-state index contributed by atoms with van der Waals surface area (Å²) in [6, 6.07) is 31.4. The van der Waals surface area contributed by atoms with Crippen molar-refractivity contribution in [1.82, 2.24) is 15.3 Å². The molecule has 5 aromatic rings. The van der Waals surface area contributed by atoms with Gasteiger partial charge in [0.2, 0.25) is 5.91 Å². The molecule has 1 aliphatic rings. The van der Waals surface area contributed by atoms with Crippen LogP contribution in [-0.4, -0.2) is 53.9 Å². The van der Waals surface area contributed by atoms with Crippen molar-refractivity contribution < 1.29 is 4.79 Å². The number of thiophene rings is 1. The van der Waals surface area contributed by atoms with Crippen LogP contribution in [0.2, 0.25) is 5.02 Å². The van der Waals surface area contributed by atoms with Crippen LogP contribution in [0.25, 0.3) is 10.9 Å². The molecule has 3 aromatic carbocycles. The zero-order valence-electron chi connectivity index (χ0n) is 22.9. The van der Waals surface area contributed by atoms with Crippen LogP contribution in [-0.2, 0) is 4.79 Å². The summed E-state index contributed by atoms with van der Waals surface area (Å²) < 4.78 is 0. The van der Waals surface area contributed by atoms with Crippen LogP contribution in [0.15, 0.2) is 113 Å². The Labute approximate surface area is 259 Å². The van der Waals surface area contributed by atoms with E-state index in [0.29, 0.717) is 0 Å². The fraction of sp³-hybridized carbons (Fsp3) is 0.182. The predicted molar refractivity (Wildman–Crippen MR) is 176 cm³/mol. The molecule has 0 bridgehead atoms. The van der Waals surface area contributed by atoms with Crippen LogP contribution in [0.1, 0.15) is 22.0 Å². The Kier molecular flexibility index (Phi) is 9.15. The van der Waals surface area contributed by atoms with E-state index in [1.54, 1.807) is 23.7 Å². The quantitative estimate of drug-likeness (QED) is 0.109. The number of carbonyl (C=O) groups excluding carboxylic acids is 1. The van der Waals surface area contributed by atoms with Gasteiger partial charge < -0.3 is 4.90 Å². The first-order valence-electron chi connectivity index (χ1n) is 13.8. The third-order valence-electron chi connectivity index (χ3n) is 7.31. The molecule has 6 nitrogen and oxygen atoms in total. The normalized spacial score (nSPS) is 14.8. The molecule has 0 spiro atoms. The third kappa shape index (κ3) is 6.85. The lowest BCUT2D eigenvalue weighted by Crippen LogP contribution is -2.48. The largest absolute Gasteiger partial charge is 0.369 e. The first kappa shape index (κ1) is 28.4. The number of nitrogens with one attached hydrogen (secondary N) is 1. The fourth-order valence-electron chi connectivity index (χ4n) is 5.27. The lowest BCUT2D eigenvalue weighted by atomic mass is 9.96. The second-order valence-corrected chi connectivity index (χ2v) is 12.4. The van der Waals surface area contributed by atoms with Crippen molar-refractivity contribution in [2.75, 3.05) is 36.8 Å². The van der Waals surface area contributed by atoms with Gasteiger partial charge in [-0.15, -0.1) is 23.1 Å². The summed E-state index contributed by atoms with van der Waals surface area (Å²) in [4.78, 5) is 24.0. The molecule has 1 N–H and O–H groups in total. The lowest BCUT2D eigenvalue weighted by Gasteiger charge is -2.40. The SMILES string of the molecule is O=C(CSc1ccnc2ccc(N3CCN(C(c4ccccc4)c4ccc(Cl)cc4)CC3)cc12)N/N=C/c1cccs1. The molecular formula is C33H30ClN5OS2. The van der Waals surface area contributed by atoms with Gasteiger partial charge in [0.05, 0.1) is 23.5 Å². The summed E-state index contributed by atoms with van der Waals surface area (Å²) in [5, 5.41) is 7.85. The van der Waals surface area contributed by atoms with Crippen LogP contribution in [0.3, 0.4) is 0 Å². The van der Waals surface area contributed by atoms with Gasteiger partial charge in [-0.1, -0.05) is 60.1 Å². The molecule has 1 amide bonds. The zero-order chi connectivity index (χ0) is 28.7. The van der Waals surface area contributed by atoms with E-state index < -0.39 is 0 Å². The summed E-state index contributed by atoms with van der Waals surface area (Å²) in [6.45, 7) is 3.69. The molecule has 42 heavy (non-hydrogen) atoms. The van der Waals surface area contributed by atoms with E-state index in [2.05, 4.69) is 86.0 Å². The van der Waals surface area contributed by atoms with Crippen molar-refractivity contribution in [2.45, 2.75) is 10.9 Å². The number of halogens is 1.